The van der Waals surface area contributed by atoms with Crippen LogP contribution < -0.4 is 19.8 Å². The van der Waals surface area contributed by atoms with Gasteiger partial charge < -0.3 is 28.6 Å². The van der Waals surface area contributed by atoms with E-state index in [0.717, 1.165) is 42.2 Å². The van der Waals surface area contributed by atoms with E-state index in [1.54, 1.807) is 12.1 Å². The van der Waals surface area contributed by atoms with Crippen LogP contribution in [0, 0.1) is 19.8 Å². The molecule has 9 heteroatoms. The zero-order valence-corrected chi connectivity index (χ0v) is 23.6. The quantitative estimate of drug-likeness (QED) is 0.395. The average molecular weight is 568 g/mol. The standard InChI is InChI=1S/C31H34ClNO7/c1-18-22-6-8-25(37-16-20-13-26-27(14-24(20)32)39-17-38-26)19(2)29(22)40-30(35)23(18)7-9-28(34)33-12-11-31(36)10-4-3-5-21(31)15-33/h6,8,13-14,21,36H,3-5,7,9-12,15-17H2,1-2H3/t21-,31+/m0/s1. The lowest BCUT2D eigenvalue weighted by molar-refractivity contribution is -0.143. The minimum atomic E-state index is -0.623. The minimum Gasteiger partial charge on any atom is -0.488 e. The van der Waals surface area contributed by atoms with Gasteiger partial charge in [0.1, 0.15) is 17.9 Å². The predicted molar refractivity (Wildman–Crippen MR) is 150 cm³/mol. The van der Waals surface area contributed by atoms with Crippen molar-refractivity contribution in [3.8, 4) is 17.2 Å². The number of amides is 1. The summed E-state index contributed by atoms with van der Waals surface area (Å²) in [4.78, 5) is 28.0. The summed E-state index contributed by atoms with van der Waals surface area (Å²) < 4.78 is 22.6. The smallest absolute Gasteiger partial charge is 0.339 e. The molecule has 0 radical (unpaired) electrons. The zero-order valence-electron chi connectivity index (χ0n) is 22.9. The van der Waals surface area contributed by atoms with Crippen LogP contribution in [0.1, 0.15) is 60.8 Å². The number of ether oxygens (including phenoxy) is 3. The van der Waals surface area contributed by atoms with Crippen molar-refractivity contribution in [2.24, 2.45) is 5.92 Å². The molecule has 1 N–H and O–H groups in total. The van der Waals surface area contributed by atoms with Gasteiger partial charge in [-0.15, -0.1) is 0 Å². The van der Waals surface area contributed by atoms with Gasteiger partial charge in [-0.1, -0.05) is 24.4 Å². The van der Waals surface area contributed by atoms with Crippen molar-refractivity contribution in [3.05, 3.63) is 62.0 Å². The Kier molecular flexibility index (Phi) is 7.17. The summed E-state index contributed by atoms with van der Waals surface area (Å²) in [6, 6.07) is 7.26. The van der Waals surface area contributed by atoms with E-state index >= 15 is 0 Å². The molecular formula is C31H34ClNO7. The fourth-order valence-corrected chi connectivity index (χ4v) is 6.64. The highest BCUT2D eigenvalue weighted by atomic mass is 35.5. The number of carbonyl (C=O) groups excluding carboxylic acids is 1. The number of carbonyl (C=O) groups is 1. The number of hydrogen-bond acceptors (Lipinski definition) is 7. The van der Waals surface area contributed by atoms with Crippen molar-refractivity contribution >= 4 is 28.5 Å². The number of benzene rings is 2. The van der Waals surface area contributed by atoms with E-state index < -0.39 is 11.2 Å². The third kappa shape index (κ3) is 4.92. The van der Waals surface area contributed by atoms with Gasteiger partial charge in [0, 0.05) is 53.6 Å². The number of fused-ring (bicyclic) bond motifs is 3. The second kappa shape index (κ2) is 10.6. The molecular weight excluding hydrogens is 534 g/mol. The lowest BCUT2D eigenvalue weighted by atomic mass is 9.71. The molecule has 3 aromatic rings. The summed E-state index contributed by atoms with van der Waals surface area (Å²) in [5.74, 6) is 1.99. The highest BCUT2D eigenvalue weighted by Crippen LogP contribution is 2.40. The van der Waals surface area contributed by atoms with Crippen LogP contribution in [0.5, 0.6) is 17.2 Å². The van der Waals surface area contributed by atoms with Crippen LogP contribution in [0.15, 0.2) is 33.5 Å². The summed E-state index contributed by atoms with van der Waals surface area (Å²) >= 11 is 6.39. The van der Waals surface area contributed by atoms with Crippen molar-refractivity contribution in [2.45, 2.75) is 71.0 Å². The van der Waals surface area contributed by atoms with Crippen LogP contribution in [0.2, 0.25) is 5.02 Å². The van der Waals surface area contributed by atoms with Gasteiger partial charge in [0.05, 0.1) is 10.6 Å². The number of aryl methyl sites for hydroxylation is 2. The maximum absolute atomic E-state index is 13.1. The Balaban J connectivity index is 1.15. The highest BCUT2D eigenvalue weighted by Gasteiger charge is 2.43. The largest absolute Gasteiger partial charge is 0.488 e. The summed E-state index contributed by atoms with van der Waals surface area (Å²) in [6.45, 7) is 5.29. The molecule has 8 nitrogen and oxygen atoms in total. The highest BCUT2D eigenvalue weighted by molar-refractivity contribution is 6.31. The molecule has 0 bridgehead atoms. The van der Waals surface area contributed by atoms with Gasteiger partial charge in [0.25, 0.3) is 0 Å². The first-order valence-electron chi connectivity index (χ1n) is 14.0. The number of nitrogens with zero attached hydrogens (tertiary/aromatic N) is 1. The van der Waals surface area contributed by atoms with Gasteiger partial charge in [0.15, 0.2) is 11.5 Å². The van der Waals surface area contributed by atoms with E-state index in [4.69, 9.17) is 30.2 Å². The van der Waals surface area contributed by atoms with Crippen LogP contribution in [0.3, 0.4) is 0 Å². The Morgan fingerprint density at radius 1 is 1.15 bits per heavy atom. The maximum Gasteiger partial charge on any atom is 0.339 e. The summed E-state index contributed by atoms with van der Waals surface area (Å²) in [6.07, 6.45) is 5.12. The first-order chi connectivity index (χ1) is 19.2. The molecule has 2 aromatic carbocycles. The molecule has 2 atom stereocenters. The molecule has 1 aliphatic carbocycles. The number of likely N-dealkylation sites (tertiary alicyclic amines) is 1. The number of rotatable bonds is 6. The molecule has 1 amide bonds. The Labute approximate surface area is 237 Å². The molecule has 1 saturated heterocycles. The van der Waals surface area contributed by atoms with Gasteiger partial charge in [-0.3, -0.25) is 4.79 Å². The third-order valence-electron chi connectivity index (χ3n) is 8.95. The van der Waals surface area contributed by atoms with E-state index in [1.807, 2.05) is 30.9 Å². The van der Waals surface area contributed by atoms with Gasteiger partial charge in [-0.25, -0.2) is 4.79 Å². The summed E-state index contributed by atoms with van der Waals surface area (Å²) in [5.41, 5.74) is 2.22. The number of piperidine rings is 1. The Morgan fingerprint density at radius 3 is 2.77 bits per heavy atom. The molecule has 2 fully saturated rings. The third-order valence-corrected chi connectivity index (χ3v) is 9.30. The molecule has 40 heavy (non-hydrogen) atoms. The van der Waals surface area contributed by atoms with E-state index in [1.165, 1.54) is 0 Å². The number of halogens is 1. The molecule has 2 aliphatic heterocycles. The van der Waals surface area contributed by atoms with Crippen LogP contribution in [0.25, 0.3) is 11.0 Å². The fourth-order valence-electron chi connectivity index (χ4n) is 6.43. The Hall–Kier alpha value is -3.23. The molecule has 1 aromatic heterocycles. The summed E-state index contributed by atoms with van der Waals surface area (Å²) in [7, 11) is 0. The van der Waals surface area contributed by atoms with Gasteiger partial charge in [-0.05, 0) is 63.3 Å². The van der Waals surface area contributed by atoms with Crippen LogP contribution in [0.4, 0.5) is 0 Å². The van der Waals surface area contributed by atoms with Gasteiger partial charge in [0.2, 0.25) is 12.7 Å². The zero-order chi connectivity index (χ0) is 28.0. The molecule has 3 heterocycles. The van der Waals surface area contributed by atoms with Gasteiger partial charge in [-0.2, -0.15) is 0 Å². The minimum absolute atomic E-state index is 0.0219. The first-order valence-corrected chi connectivity index (χ1v) is 14.4. The summed E-state index contributed by atoms with van der Waals surface area (Å²) in [5, 5.41) is 12.3. The van der Waals surface area contributed by atoms with E-state index in [2.05, 4.69) is 0 Å². The molecule has 0 spiro atoms. The Bertz CT molecular complexity index is 1530. The average Bonchev–Trinajstić information content (AvgIpc) is 3.39. The predicted octanol–water partition coefficient (Wildman–Crippen LogP) is 5.46. The molecule has 0 unspecified atom stereocenters. The Morgan fingerprint density at radius 2 is 1.95 bits per heavy atom. The van der Waals surface area contributed by atoms with E-state index in [-0.39, 0.29) is 31.6 Å². The second-order valence-electron chi connectivity index (χ2n) is 11.3. The van der Waals surface area contributed by atoms with Crippen molar-refractivity contribution in [1.29, 1.82) is 0 Å². The molecule has 212 valence electrons. The topological polar surface area (TPSA) is 98.4 Å². The SMILES string of the molecule is Cc1c(CCC(=O)N2CC[C@]3(O)CCCC[C@H]3C2)c(=O)oc2c(C)c(OCc3cc4c(cc3Cl)OCO4)ccc12. The van der Waals surface area contributed by atoms with Crippen molar-refractivity contribution < 1.29 is 28.5 Å². The molecule has 6 rings (SSSR count). The van der Waals surface area contributed by atoms with E-state index in [9.17, 15) is 14.7 Å². The van der Waals surface area contributed by atoms with Crippen molar-refractivity contribution in [2.75, 3.05) is 19.9 Å². The normalized spacial score (nSPS) is 21.9. The number of hydrogen-bond donors (Lipinski definition) is 1. The van der Waals surface area contributed by atoms with Gasteiger partial charge >= 0.3 is 5.63 Å². The first kappa shape index (κ1) is 27.0. The van der Waals surface area contributed by atoms with Crippen molar-refractivity contribution in [1.82, 2.24) is 4.90 Å². The lowest BCUT2D eigenvalue weighted by Crippen LogP contribution is -2.54. The van der Waals surface area contributed by atoms with Crippen molar-refractivity contribution in [3.63, 3.8) is 0 Å². The maximum atomic E-state index is 13.1. The van der Waals surface area contributed by atoms with Crippen LogP contribution in [-0.2, 0) is 17.8 Å². The lowest BCUT2D eigenvalue weighted by Gasteiger charge is -2.47. The molecule has 3 aliphatic rings. The number of aliphatic hydroxyl groups is 1. The second-order valence-corrected chi connectivity index (χ2v) is 11.7. The monoisotopic (exact) mass is 567 g/mol. The van der Waals surface area contributed by atoms with E-state index in [0.29, 0.717) is 64.9 Å². The fraction of sp³-hybridized carbons (Fsp3) is 0.484. The van der Waals surface area contributed by atoms with Crippen LogP contribution >= 0.6 is 11.6 Å². The van der Waals surface area contributed by atoms with Crippen LogP contribution in [-0.4, -0.2) is 41.4 Å². The molecule has 1 saturated carbocycles.